The molecule has 178 valence electrons. The number of nitrogens with zero attached hydrogens (tertiary/aromatic N) is 3. The summed E-state index contributed by atoms with van der Waals surface area (Å²) in [5.41, 5.74) is 1.34. The molecule has 1 saturated heterocycles. The number of anilines is 2. The van der Waals surface area contributed by atoms with Crippen molar-refractivity contribution >= 4 is 34.2 Å². The highest BCUT2D eigenvalue weighted by Gasteiger charge is 2.39. The third-order valence-electron chi connectivity index (χ3n) is 7.26. The Morgan fingerprint density at radius 2 is 2.00 bits per heavy atom. The van der Waals surface area contributed by atoms with Gasteiger partial charge in [-0.25, -0.2) is 9.37 Å². The Labute approximate surface area is 201 Å². The van der Waals surface area contributed by atoms with Crippen molar-refractivity contribution in [1.29, 1.82) is 0 Å². The van der Waals surface area contributed by atoms with Crippen LogP contribution in [0.2, 0.25) is 5.02 Å². The molecule has 5 rings (SSSR count). The molecule has 2 unspecified atom stereocenters. The number of benzene rings is 1. The molecule has 0 amide bonds. The van der Waals surface area contributed by atoms with Gasteiger partial charge in [-0.3, -0.25) is 4.21 Å². The first-order valence-corrected chi connectivity index (χ1v) is 13.5. The highest BCUT2D eigenvalue weighted by Crippen LogP contribution is 2.39. The summed E-state index contributed by atoms with van der Waals surface area (Å²) in [7, 11) is -1.18. The van der Waals surface area contributed by atoms with Gasteiger partial charge in [0.1, 0.15) is 16.9 Å². The summed E-state index contributed by atoms with van der Waals surface area (Å²) < 4.78 is 28.3. The van der Waals surface area contributed by atoms with Crippen molar-refractivity contribution in [3.05, 3.63) is 40.5 Å². The van der Waals surface area contributed by atoms with Crippen molar-refractivity contribution in [2.75, 3.05) is 35.7 Å². The number of hydrogen-bond acceptors (Lipinski definition) is 6. The first kappa shape index (κ1) is 23.0. The van der Waals surface area contributed by atoms with Crippen LogP contribution in [-0.4, -0.2) is 56.4 Å². The molecule has 3 aliphatic rings. The molecule has 0 spiro atoms. The van der Waals surface area contributed by atoms with Crippen LogP contribution in [0.3, 0.4) is 0 Å². The summed E-state index contributed by atoms with van der Waals surface area (Å²) in [6.07, 6.45) is 4.87. The Balaban J connectivity index is 1.43. The average Bonchev–Trinajstić information content (AvgIpc) is 2.98. The Morgan fingerprint density at radius 3 is 2.67 bits per heavy atom. The Kier molecular flexibility index (Phi) is 6.60. The molecule has 0 bridgehead atoms. The molecule has 1 aliphatic carbocycles. The molecule has 33 heavy (non-hydrogen) atoms. The number of hydrogen-bond donors (Lipinski definition) is 2. The summed E-state index contributed by atoms with van der Waals surface area (Å²) in [5.74, 6) is 1.45. The topological polar surface area (TPSA) is 78.4 Å². The van der Waals surface area contributed by atoms with Gasteiger partial charge in [-0.2, -0.15) is 4.98 Å². The summed E-state index contributed by atoms with van der Waals surface area (Å²) in [6.45, 7) is 0.854. The van der Waals surface area contributed by atoms with Gasteiger partial charge in [0.2, 0.25) is 5.95 Å². The van der Waals surface area contributed by atoms with Gasteiger partial charge >= 0.3 is 0 Å². The minimum atomic E-state index is -1.18. The zero-order valence-electron chi connectivity index (χ0n) is 18.6. The van der Waals surface area contributed by atoms with Crippen molar-refractivity contribution in [3.8, 4) is 0 Å². The van der Waals surface area contributed by atoms with E-state index in [9.17, 15) is 9.32 Å². The maximum Gasteiger partial charge on any atom is 0.227 e. The molecule has 6 nitrogen and oxygen atoms in total. The minimum Gasteiger partial charge on any atom is -0.394 e. The van der Waals surface area contributed by atoms with Crippen LogP contribution < -0.4 is 10.2 Å². The van der Waals surface area contributed by atoms with E-state index >= 15 is 4.39 Å². The number of alkyl halides is 1. The van der Waals surface area contributed by atoms with Gasteiger partial charge in [-0.1, -0.05) is 23.7 Å². The highest BCUT2D eigenvalue weighted by atomic mass is 35.5. The lowest BCUT2D eigenvalue weighted by Crippen LogP contribution is -2.49. The Hall–Kier alpha value is -1.77. The number of nitrogens with one attached hydrogen (secondary N) is 1. The maximum atomic E-state index is 15.3. The van der Waals surface area contributed by atoms with Crippen molar-refractivity contribution in [2.24, 2.45) is 0 Å². The SMILES string of the molecule is O=[S@@]1CCCCc2nc(N3CCC(c4ccc(Cl)cc4)C(F)C3)nc(NC3(CO)CCC3)c21. The lowest BCUT2D eigenvalue weighted by atomic mass is 9.77. The van der Waals surface area contributed by atoms with Crippen LogP contribution in [0.4, 0.5) is 16.2 Å². The van der Waals surface area contributed by atoms with Crippen molar-refractivity contribution in [3.63, 3.8) is 0 Å². The first-order valence-electron chi connectivity index (χ1n) is 11.8. The van der Waals surface area contributed by atoms with Crippen LogP contribution in [0, 0.1) is 0 Å². The molecule has 2 fully saturated rings. The van der Waals surface area contributed by atoms with E-state index in [1.54, 1.807) is 12.1 Å². The molecule has 9 heteroatoms. The number of aryl methyl sites for hydroxylation is 1. The largest absolute Gasteiger partial charge is 0.394 e. The van der Waals surface area contributed by atoms with E-state index in [0.717, 1.165) is 49.8 Å². The molecule has 2 aromatic rings. The van der Waals surface area contributed by atoms with E-state index in [1.807, 2.05) is 17.0 Å². The number of aromatic nitrogens is 2. The number of rotatable bonds is 5. The first-order chi connectivity index (χ1) is 16.0. The summed E-state index contributed by atoms with van der Waals surface area (Å²) in [4.78, 5) is 12.1. The van der Waals surface area contributed by atoms with Gasteiger partial charge in [0.25, 0.3) is 0 Å². The fourth-order valence-electron chi connectivity index (χ4n) is 5.10. The number of halogens is 2. The predicted molar refractivity (Wildman–Crippen MR) is 129 cm³/mol. The molecule has 1 saturated carbocycles. The smallest absolute Gasteiger partial charge is 0.227 e. The Morgan fingerprint density at radius 1 is 1.21 bits per heavy atom. The maximum absolute atomic E-state index is 15.3. The lowest BCUT2D eigenvalue weighted by Gasteiger charge is -2.42. The second-order valence-corrected chi connectivity index (χ2v) is 11.4. The third kappa shape index (κ3) is 4.62. The molecule has 1 aromatic carbocycles. The predicted octanol–water partition coefficient (Wildman–Crippen LogP) is 4.23. The highest BCUT2D eigenvalue weighted by molar-refractivity contribution is 7.85. The standard InChI is InChI=1S/C24H30ClFN4O2S/c25-17-7-5-16(6-8-17)18-9-12-30(14-19(18)26)23-27-20-4-1-2-13-33(32)21(20)22(28-23)29-24(15-31)10-3-11-24/h5-8,18-19,31H,1-4,9-15H2,(H,27,28,29)/t18?,19?,33-/m1/s1. The van der Waals surface area contributed by atoms with E-state index in [1.165, 1.54) is 0 Å². The van der Waals surface area contributed by atoms with Crippen LogP contribution in [-0.2, 0) is 17.2 Å². The van der Waals surface area contributed by atoms with Crippen LogP contribution >= 0.6 is 11.6 Å². The van der Waals surface area contributed by atoms with Crippen molar-refractivity contribution in [1.82, 2.24) is 9.97 Å². The summed E-state index contributed by atoms with van der Waals surface area (Å²) >= 11 is 5.99. The molecule has 3 atom stereocenters. The van der Waals surface area contributed by atoms with Crippen LogP contribution in [0.15, 0.2) is 29.2 Å². The fraction of sp³-hybridized carbons (Fsp3) is 0.583. The third-order valence-corrected chi connectivity index (χ3v) is 9.06. The zero-order valence-corrected chi connectivity index (χ0v) is 20.2. The van der Waals surface area contributed by atoms with Gasteiger partial charge in [-0.05, 0) is 62.6 Å². The number of aliphatic hydroxyl groups excluding tert-OH is 1. The van der Waals surface area contributed by atoms with Gasteiger partial charge < -0.3 is 15.3 Å². The van der Waals surface area contributed by atoms with Crippen LogP contribution in [0.1, 0.15) is 55.7 Å². The Bertz CT molecular complexity index is 1030. The van der Waals surface area contributed by atoms with Crippen LogP contribution in [0.5, 0.6) is 0 Å². The van der Waals surface area contributed by atoms with E-state index in [2.05, 4.69) is 5.32 Å². The summed E-state index contributed by atoms with van der Waals surface area (Å²) in [5, 5.41) is 14.1. The quantitative estimate of drug-likeness (QED) is 0.650. The molecular formula is C24H30ClFN4O2S. The van der Waals surface area contributed by atoms with Gasteiger partial charge in [-0.15, -0.1) is 0 Å². The molecule has 1 aromatic heterocycles. The average molecular weight is 493 g/mol. The molecule has 3 heterocycles. The van der Waals surface area contributed by atoms with Gasteiger partial charge in [0.15, 0.2) is 0 Å². The molecule has 2 aliphatic heterocycles. The van der Waals surface area contributed by atoms with E-state index in [4.69, 9.17) is 21.6 Å². The van der Waals surface area contributed by atoms with Crippen LogP contribution in [0.25, 0.3) is 0 Å². The lowest BCUT2D eigenvalue weighted by molar-refractivity contribution is 0.143. The summed E-state index contributed by atoms with van der Waals surface area (Å²) in [6, 6.07) is 7.42. The van der Waals surface area contributed by atoms with Gasteiger partial charge in [0, 0.05) is 23.2 Å². The molecule has 0 radical (unpaired) electrons. The van der Waals surface area contributed by atoms with E-state index < -0.39 is 22.5 Å². The second-order valence-electron chi connectivity index (χ2n) is 9.48. The fourth-order valence-corrected chi connectivity index (χ4v) is 6.61. The molecular weight excluding hydrogens is 463 g/mol. The normalized spacial score (nSPS) is 26.8. The number of aliphatic hydroxyl groups is 1. The van der Waals surface area contributed by atoms with Crippen molar-refractivity contribution < 1.29 is 13.7 Å². The zero-order chi connectivity index (χ0) is 23.0. The molecule has 2 N–H and O–H groups in total. The second kappa shape index (κ2) is 9.47. The number of fused-ring (bicyclic) bond motifs is 1. The monoisotopic (exact) mass is 492 g/mol. The van der Waals surface area contributed by atoms with Crippen molar-refractivity contribution in [2.45, 2.75) is 67.5 Å². The minimum absolute atomic E-state index is 0.00673. The van der Waals surface area contributed by atoms with E-state index in [0.29, 0.717) is 40.4 Å². The number of piperidine rings is 1. The van der Waals surface area contributed by atoms with E-state index in [-0.39, 0.29) is 19.1 Å². The van der Waals surface area contributed by atoms with Gasteiger partial charge in [0.05, 0.1) is 35.2 Å².